The number of carbonyl (C=O) groups excluding carboxylic acids is 3. The van der Waals surface area contributed by atoms with E-state index in [9.17, 15) is 14.4 Å². The van der Waals surface area contributed by atoms with Gasteiger partial charge in [0.15, 0.2) is 12.7 Å². The van der Waals surface area contributed by atoms with Crippen LogP contribution in [0.4, 0.5) is 5.69 Å². The normalized spacial score (nSPS) is 12.0. The fourth-order valence-corrected chi connectivity index (χ4v) is 2.44. The summed E-state index contributed by atoms with van der Waals surface area (Å²) in [6.45, 7) is 6.59. The zero-order chi connectivity index (χ0) is 21.6. The highest BCUT2D eigenvalue weighted by Gasteiger charge is 2.22. The van der Waals surface area contributed by atoms with E-state index in [1.54, 1.807) is 48.5 Å². The van der Waals surface area contributed by atoms with Gasteiger partial charge >= 0.3 is 5.97 Å². The van der Waals surface area contributed by atoms with Crippen molar-refractivity contribution in [3.05, 3.63) is 59.1 Å². The Morgan fingerprint density at radius 3 is 2.31 bits per heavy atom. The Balaban J connectivity index is 1.88. The molecule has 0 aromatic heterocycles. The van der Waals surface area contributed by atoms with Gasteiger partial charge in [-0.15, -0.1) is 0 Å². The third-order valence-electron chi connectivity index (χ3n) is 3.94. The van der Waals surface area contributed by atoms with Crippen molar-refractivity contribution in [2.75, 3.05) is 11.9 Å². The average Bonchev–Trinajstić information content (AvgIpc) is 2.65. The molecule has 6 nitrogen and oxygen atoms in total. The van der Waals surface area contributed by atoms with Gasteiger partial charge in [-0.05, 0) is 49.4 Å². The lowest BCUT2D eigenvalue weighted by atomic mass is 9.95. The lowest BCUT2D eigenvalue weighted by Crippen LogP contribution is -2.28. The van der Waals surface area contributed by atoms with Crippen LogP contribution in [-0.2, 0) is 14.3 Å². The first-order valence-electron chi connectivity index (χ1n) is 9.10. The topological polar surface area (TPSA) is 81.7 Å². The van der Waals surface area contributed by atoms with Crippen LogP contribution in [0.1, 0.15) is 38.1 Å². The minimum Gasteiger partial charge on any atom is -0.482 e. The van der Waals surface area contributed by atoms with Gasteiger partial charge in [0.1, 0.15) is 5.75 Å². The number of rotatable bonds is 7. The van der Waals surface area contributed by atoms with Crippen molar-refractivity contribution in [2.45, 2.75) is 33.8 Å². The molecule has 0 aliphatic carbocycles. The molecule has 0 saturated carbocycles. The lowest BCUT2D eigenvalue weighted by molar-refractivity contribution is -0.148. The van der Waals surface area contributed by atoms with E-state index in [0.717, 1.165) is 0 Å². The first kappa shape index (κ1) is 22.4. The molecule has 0 radical (unpaired) electrons. The van der Waals surface area contributed by atoms with Crippen LogP contribution >= 0.6 is 11.6 Å². The van der Waals surface area contributed by atoms with Gasteiger partial charge in [0, 0.05) is 21.7 Å². The highest BCUT2D eigenvalue weighted by atomic mass is 35.5. The molecular weight excluding hydrogens is 394 g/mol. The van der Waals surface area contributed by atoms with Crippen molar-refractivity contribution in [3.63, 3.8) is 0 Å². The van der Waals surface area contributed by atoms with Gasteiger partial charge in [-0.2, -0.15) is 0 Å². The smallest absolute Gasteiger partial charge is 0.344 e. The Kier molecular flexibility index (Phi) is 7.40. The van der Waals surface area contributed by atoms with Crippen molar-refractivity contribution in [2.24, 2.45) is 5.41 Å². The number of amides is 1. The highest BCUT2D eigenvalue weighted by molar-refractivity contribution is 6.30. The molecule has 0 fully saturated rings. The van der Waals surface area contributed by atoms with Crippen LogP contribution < -0.4 is 10.1 Å². The molecule has 2 aromatic rings. The zero-order valence-corrected chi connectivity index (χ0v) is 17.6. The largest absolute Gasteiger partial charge is 0.482 e. The van der Waals surface area contributed by atoms with Crippen LogP contribution in [0.25, 0.3) is 0 Å². The van der Waals surface area contributed by atoms with Gasteiger partial charge in [0.05, 0.1) is 0 Å². The van der Waals surface area contributed by atoms with Crippen LogP contribution in [0, 0.1) is 5.41 Å². The van der Waals surface area contributed by atoms with Crippen molar-refractivity contribution >= 4 is 34.9 Å². The second kappa shape index (κ2) is 9.56. The summed E-state index contributed by atoms with van der Waals surface area (Å²) >= 11 is 5.85. The fourth-order valence-electron chi connectivity index (χ4n) is 2.25. The standard InChI is InChI=1S/C22H24ClNO5/c1-14(29-19(25)13-28-18-7-5-6-16(23)12-18)20(26)15-8-10-17(11-9-15)24-21(27)22(2,3)4/h5-12,14H,13H2,1-4H3,(H,24,27)/t14-/m1/s1. The second-order valence-electron chi connectivity index (χ2n) is 7.52. The van der Waals surface area contributed by atoms with Gasteiger partial charge in [0.2, 0.25) is 11.7 Å². The lowest BCUT2D eigenvalue weighted by Gasteiger charge is -2.18. The minimum atomic E-state index is -0.972. The Hall–Kier alpha value is -2.86. The second-order valence-corrected chi connectivity index (χ2v) is 7.96. The van der Waals surface area contributed by atoms with Crippen LogP contribution in [-0.4, -0.2) is 30.4 Å². The van der Waals surface area contributed by atoms with E-state index in [4.69, 9.17) is 21.1 Å². The van der Waals surface area contributed by atoms with E-state index < -0.39 is 17.5 Å². The number of ketones is 1. The number of anilines is 1. The summed E-state index contributed by atoms with van der Waals surface area (Å²) < 4.78 is 10.4. The van der Waals surface area contributed by atoms with Crippen LogP contribution in [0.2, 0.25) is 5.02 Å². The molecule has 1 atom stereocenters. The number of halogens is 1. The van der Waals surface area contributed by atoms with E-state index in [1.807, 2.05) is 20.8 Å². The van der Waals surface area contributed by atoms with Crippen LogP contribution in [0.3, 0.4) is 0 Å². The molecule has 2 aromatic carbocycles. The molecule has 1 N–H and O–H groups in total. The molecule has 0 aliphatic heterocycles. The molecule has 0 aliphatic rings. The molecular formula is C22H24ClNO5. The number of hydrogen-bond acceptors (Lipinski definition) is 5. The van der Waals surface area contributed by atoms with Crippen molar-refractivity contribution < 1.29 is 23.9 Å². The summed E-state index contributed by atoms with van der Waals surface area (Å²) in [5.74, 6) is -0.713. The first-order valence-corrected chi connectivity index (χ1v) is 9.47. The molecule has 2 rings (SSSR count). The summed E-state index contributed by atoms with van der Waals surface area (Å²) in [6, 6.07) is 13.0. The zero-order valence-electron chi connectivity index (χ0n) is 16.8. The fraction of sp³-hybridized carbons (Fsp3) is 0.318. The third kappa shape index (κ3) is 6.91. The van der Waals surface area contributed by atoms with E-state index in [-0.39, 0.29) is 18.3 Å². The number of Topliss-reactive ketones (excluding diaryl/α,β-unsaturated/α-hetero) is 1. The van der Waals surface area contributed by atoms with E-state index in [1.165, 1.54) is 6.92 Å². The number of esters is 1. The maximum atomic E-state index is 12.5. The third-order valence-corrected chi connectivity index (χ3v) is 4.17. The molecule has 0 spiro atoms. The van der Waals surface area contributed by atoms with E-state index >= 15 is 0 Å². The summed E-state index contributed by atoms with van der Waals surface area (Å²) in [7, 11) is 0. The molecule has 0 unspecified atom stereocenters. The van der Waals surface area contributed by atoms with E-state index in [2.05, 4.69) is 5.32 Å². The van der Waals surface area contributed by atoms with Gasteiger partial charge in [-0.25, -0.2) is 4.79 Å². The Bertz CT molecular complexity index is 887. The summed E-state index contributed by atoms with van der Waals surface area (Å²) in [6.07, 6.45) is -0.972. The van der Waals surface area contributed by atoms with Crippen molar-refractivity contribution in [3.8, 4) is 5.75 Å². The van der Waals surface area contributed by atoms with E-state index in [0.29, 0.717) is 22.0 Å². The van der Waals surface area contributed by atoms with Crippen LogP contribution in [0.5, 0.6) is 5.75 Å². The Labute approximate surface area is 175 Å². The molecule has 0 heterocycles. The Morgan fingerprint density at radius 1 is 1.07 bits per heavy atom. The maximum absolute atomic E-state index is 12.5. The summed E-state index contributed by atoms with van der Waals surface area (Å²) in [5, 5.41) is 3.27. The number of carbonyl (C=O) groups is 3. The minimum absolute atomic E-state index is 0.126. The molecule has 154 valence electrons. The highest BCUT2D eigenvalue weighted by Crippen LogP contribution is 2.19. The predicted molar refractivity (Wildman–Crippen MR) is 111 cm³/mol. The first-order chi connectivity index (χ1) is 13.6. The number of ether oxygens (including phenoxy) is 2. The predicted octanol–water partition coefficient (Wildman–Crippen LogP) is 4.52. The maximum Gasteiger partial charge on any atom is 0.344 e. The number of hydrogen-bond donors (Lipinski definition) is 1. The molecule has 29 heavy (non-hydrogen) atoms. The van der Waals surface area contributed by atoms with Gasteiger partial charge in [-0.1, -0.05) is 38.4 Å². The van der Waals surface area contributed by atoms with Crippen LogP contribution in [0.15, 0.2) is 48.5 Å². The molecule has 0 bridgehead atoms. The number of nitrogens with one attached hydrogen (secondary N) is 1. The molecule has 1 amide bonds. The number of benzene rings is 2. The molecule has 7 heteroatoms. The SMILES string of the molecule is C[C@@H](OC(=O)COc1cccc(Cl)c1)C(=O)c1ccc(NC(=O)C(C)(C)C)cc1. The van der Waals surface area contributed by atoms with Crippen molar-refractivity contribution in [1.82, 2.24) is 0 Å². The summed E-state index contributed by atoms with van der Waals surface area (Å²) in [4.78, 5) is 36.4. The molecule has 0 saturated heterocycles. The van der Waals surface area contributed by atoms with Gasteiger partial charge in [-0.3, -0.25) is 9.59 Å². The van der Waals surface area contributed by atoms with Gasteiger partial charge in [0.25, 0.3) is 0 Å². The Morgan fingerprint density at radius 2 is 1.72 bits per heavy atom. The monoisotopic (exact) mass is 417 g/mol. The summed E-state index contributed by atoms with van der Waals surface area (Å²) in [5.41, 5.74) is 0.431. The van der Waals surface area contributed by atoms with Gasteiger partial charge < -0.3 is 14.8 Å². The average molecular weight is 418 g/mol. The van der Waals surface area contributed by atoms with Crippen molar-refractivity contribution in [1.29, 1.82) is 0 Å². The quantitative estimate of drug-likeness (QED) is 0.529.